The van der Waals surface area contributed by atoms with Crippen molar-refractivity contribution in [2.45, 2.75) is 12.5 Å². The number of benzene rings is 2. The summed E-state index contributed by atoms with van der Waals surface area (Å²) in [4.78, 5) is 35.8. The molecule has 2 rings (SSSR count). The van der Waals surface area contributed by atoms with E-state index in [1.165, 1.54) is 27.3 Å². The number of carboxylic acids is 1. The number of carboxylic acid groups (broad SMARTS) is 1. The van der Waals surface area contributed by atoms with Gasteiger partial charge in [-0.15, -0.1) is 0 Å². The van der Waals surface area contributed by atoms with E-state index in [0.717, 1.165) is 0 Å². The monoisotopic (exact) mass is 386 g/mol. The molecule has 0 fully saturated rings. The van der Waals surface area contributed by atoms with Gasteiger partial charge in [-0.25, -0.2) is 0 Å². The zero-order chi connectivity index (χ0) is 20.7. The number of carbonyl (C=O) groups is 3. The third kappa shape index (κ3) is 5.00. The largest absolute Gasteiger partial charge is 0.497 e. The van der Waals surface area contributed by atoms with Crippen LogP contribution in [0, 0.1) is 0 Å². The number of rotatable bonds is 8. The van der Waals surface area contributed by atoms with Gasteiger partial charge in [-0.3, -0.25) is 14.4 Å². The molecule has 1 atom stereocenters. The lowest BCUT2D eigenvalue weighted by Crippen LogP contribution is -2.30. The first-order chi connectivity index (χ1) is 13.4. The van der Waals surface area contributed by atoms with Crippen molar-refractivity contribution in [1.82, 2.24) is 10.6 Å². The van der Waals surface area contributed by atoms with Crippen LogP contribution in [-0.4, -0.2) is 44.2 Å². The molecule has 0 aromatic heterocycles. The first-order valence-electron chi connectivity index (χ1n) is 8.46. The second-order valence-corrected chi connectivity index (χ2v) is 5.89. The number of methoxy groups -OCH3 is 2. The van der Waals surface area contributed by atoms with Gasteiger partial charge in [0.25, 0.3) is 11.8 Å². The predicted molar refractivity (Wildman–Crippen MR) is 102 cm³/mol. The molecule has 2 aromatic carbocycles. The molecule has 8 nitrogen and oxygen atoms in total. The van der Waals surface area contributed by atoms with Gasteiger partial charge in [-0.1, -0.05) is 6.07 Å². The van der Waals surface area contributed by atoms with Gasteiger partial charge in [0, 0.05) is 29.8 Å². The highest BCUT2D eigenvalue weighted by Gasteiger charge is 2.23. The van der Waals surface area contributed by atoms with Crippen LogP contribution in [0.15, 0.2) is 42.5 Å². The summed E-state index contributed by atoms with van der Waals surface area (Å²) in [7, 11) is 4.45. The highest BCUT2D eigenvalue weighted by atomic mass is 16.5. The lowest BCUT2D eigenvalue weighted by atomic mass is 10.0. The van der Waals surface area contributed by atoms with Crippen LogP contribution in [0.25, 0.3) is 0 Å². The molecule has 1 unspecified atom stereocenters. The summed E-state index contributed by atoms with van der Waals surface area (Å²) in [5.41, 5.74) is 1.07. The maximum Gasteiger partial charge on any atom is 0.305 e. The molecule has 0 aliphatic carbocycles. The molecule has 0 heterocycles. The van der Waals surface area contributed by atoms with E-state index in [-0.39, 0.29) is 17.9 Å². The predicted octanol–water partition coefficient (Wildman–Crippen LogP) is 2.01. The van der Waals surface area contributed by atoms with E-state index in [9.17, 15) is 19.5 Å². The van der Waals surface area contributed by atoms with Gasteiger partial charge in [0.05, 0.1) is 26.7 Å². The highest BCUT2D eigenvalue weighted by Crippen LogP contribution is 2.31. The van der Waals surface area contributed by atoms with Crippen molar-refractivity contribution in [3.8, 4) is 11.5 Å². The van der Waals surface area contributed by atoms with Gasteiger partial charge < -0.3 is 25.2 Å². The van der Waals surface area contributed by atoms with Gasteiger partial charge in [0.1, 0.15) is 11.5 Å². The molecule has 0 bridgehead atoms. The maximum atomic E-state index is 12.7. The fraction of sp³-hybridized carbons (Fsp3) is 0.250. The van der Waals surface area contributed by atoms with E-state index < -0.39 is 17.9 Å². The van der Waals surface area contributed by atoms with Crippen molar-refractivity contribution in [2.75, 3.05) is 21.3 Å². The molecular weight excluding hydrogens is 364 g/mol. The van der Waals surface area contributed by atoms with Crippen LogP contribution in [0.3, 0.4) is 0 Å². The molecule has 0 spiro atoms. The second kappa shape index (κ2) is 9.40. The van der Waals surface area contributed by atoms with E-state index in [1.807, 2.05) is 0 Å². The van der Waals surface area contributed by atoms with E-state index in [4.69, 9.17) is 9.47 Å². The van der Waals surface area contributed by atoms with Gasteiger partial charge in [-0.2, -0.15) is 0 Å². The Bertz CT molecular complexity index is 881. The molecule has 2 amide bonds. The molecule has 148 valence electrons. The summed E-state index contributed by atoms with van der Waals surface area (Å²) in [6.45, 7) is 0. The minimum Gasteiger partial charge on any atom is -0.497 e. The zero-order valence-electron chi connectivity index (χ0n) is 15.8. The highest BCUT2D eigenvalue weighted by molar-refractivity contribution is 5.99. The van der Waals surface area contributed by atoms with Crippen molar-refractivity contribution in [2.24, 2.45) is 0 Å². The standard InChI is InChI=1S/C20H22N2O6/c1-21-19(25)12-5-4-6-13(9-12)20(26)22-16(11-18(23)24)15-8-7-14(27-2)10-17(15)28-3/h4-10,16H,11H2,1-3H3,(H,21,25)(H,22,26)(H,23,24). The van der Waals surface area contributed by atoms with Crippen molar-refractivity contribution in [1.29, 1.82) is 0 Å². The van der Waals surface area contributed by atoms with Crippen molar-refractivity contribution in [3.63, 3.8) is 0 Å². The minimum atomic E-state index is -1.08. The Morgan fingerprint density at radius 3 is 2.25 bits per heavy atom. The quantitative estimate of drug-likeness (QED) is 0.639. The molecule has 0 aliphatic heterocycles. The number of aliphatic carboxylic acids is 1. The van der Waals surface area contributed by atoms with E-state index in [1.54, 1.807) is 36.4 Å². The third-order valence-corrected chi connectivity index (χ3v) is 4.11. The Labute approximate surface area is 162 Å². The second-order valence-electron chi connectivity index (χ2n) is 5.89. The smallest absolute Gasteiger partial charge is 0.305 e. The van der Waals surface area contributed by atoms with Crippen LogP contribution in [-0.2, 0) is 4.79 Å². The van der Waals surface area contributed by atoms with Crippen molar-refractivity contribution < 1.29 is 29.0 Å². The topological polar surface area (TPSA) is 114 Å². The maximum absolute atomic E-state index is 12.7. The SMILES string of the molecule is CNC(=O)c1cccc(C(=O)NC(CC(=O)O)c2ccc(OC)cc2OC)c1. The van der Waals surface area contributed by atoms with Crippen LogP contribution in [0.4, 0.5) is 0 Å². The van der Waals surface area contributed by atoms with Gasteiger partial charge in [-0.05, 0) is 30.3 Å². The summed E-state index contributed by atoms with van der Waals surface area (Å²) >= 11 is 0. The van der Waals surface area contributed by atoms with Gasteiger partial charge in [0.15, 0.2) is 0 Å². The Hall–Kier alpha value is -3.55. The number of nitrogens with one attached hydrogen (secondary N) is 2. The number of carbonyl (C=O) groups excluding carboxylic acids is 2. The number of hydrogen-bond acceptors (Lipinski definition) is 5. The Morgan fingerprint density at radius 1 is 1.00 bits per heavy atom. The third-order valence-electron chi connectivity index (χ3n) is 4.11. The average Bonchev–Trinajstić information content (AvgIpc) is 2.71. The lowest BCUT2D eigenvalue weighted by Gasteiger charge is -2.20. The molecule has 2 aromatic rings. The average molecular weight is 386 g/mol. The minimum absolute atomic E-state index is 0.240. The summed E-state index contributed by atoms with van der Waals surface area (Å²) in [6.07, 6.45) is -0.344. The van der Waals surface area contributed by atoms with Crippen molar-refractivity contribution >= 4 is 17.8 Å². The number of ether oxygens (including phenoxy) is 2. The molecule has 0 radical (unpaired) electrons. The fourth-order valence-electron chi connectivity index (χ4n) is 2.71. The molecule has 0 saturated heterocycles. The molecule has 0 saturated carbocycles. The summed E-state index contributed by atoms with van der Waals surface area (Å²) in [6, 6.07) is 10.2. The lowest BCUT2D eigenvalue weighted by molar-refractivity contribution is -0.137. The van der Waals surface area contributed by atoms with E-state index in [2.05, 4.69) is 10.6 Å². The molecule has 0 aliphatic rings. The van der Waals surface area contributed by atoms with Crippen LogP contribution in [0.2, 0.25) is 0 Å². The molecule has 28 heavy (non-hydrogen) atoms. The van der Waals surface area contributed by atoms with E-state index in [0.29, 0.717) is 22.6 Å². The number of hydrogen-bond donors (Lipinski definition) is 3. The molecule has 8 heteroatoms. The van der Waals surface area contributed by atoms with Crippen molar-refractivity contribution in [3.05, 3.63) is 59.2 Å². The first-order valence-corrected chi connectivity index (χ1v) is 8.46. The first kappa shape index (κ1) is 20.8. The van der Waals surface area contributed by atoms with Crippen LogP contribution in [0.1, 0.15) is 38.7 Å². The Morgan fingerprint density at radius 2 is 1.68 bits per heavy atom. The van der Waals surface area contributed by atoms with Crippen LogP contribution >= 0.6 is 0 Å². The van der Waals surface area contributed by atoms with Crippen LogP contribution < -0.4 is 20.1 Å². The number of amides is 2. The summed E-state index contributed by atoms with van der Waals surface area (Å²) < 4.78 is 10.5. The molecular formula is C20H22N2O6. The van der Waals surface area contributed by atoms with E-state index >= 15 is 0 Å². The van der Waals surface area contributed by atoms with Crippen LogP contribution in [0.5, 0.6) is 11.5 Å². The normalized spacial score (nSPS) is 11.2. The Balaban J connectivity index is 2.34. The Kier molecular flexibility index (Phi) is 6.97. The summed E-state index contributed by atoms with van der Waals surface area (Å²) in [5, 5.41) is 14.5. The summed E-state index contributed by atoms with van der Waals surface area (Å²) in [5.74, 6) is -0.977. The molecule has 3 N–H and O–H groups in total. The van der Waals surface area contributed by atoms with Gasteiger partial charge in [0.2, 0.25) is 0 Å². The fourth-order valence-corrected chi connectivity index (χ4v) is 2.71. The van der Waals surface area contributed by atoms with Gasteiger partial charge >= 0.3 is 5.97 Å². The zero-order valence-corrected chi connectivity index (χ0v) is 15.8.